The van der Waals surface area contributed by atoms with E-state index in [1.165, 1.54) is 0 Å². The van der Waals surface area contributed by atoms with Gasteiger partial charge < -0.3 is 14.4 Å². The van der Waals surface area contributed by atoms with Crippen LogP contribution >= 0.6 is 0 Å². The Labute approximate surface area is 134 Å². The van der Waals surface area contributed by atoms with Gasteiger partial charge in [0.05, 0.1) is 18.8 Å². The second kappa shape index (κ2) is 5.74. The van der Waals surface area contributed by atoms with Crippen molar-refractivity contribution in [2.24, 2.45) is 0 Å². The summed E-state index contributed by atoms with van der Waals surface area (Å²) < 4.78 is 26.4. The maximum atomic E-state index is 14.6. The molecule has 6 heteroatoms. The Morgan fingerprint density at radius 1 is 1.43 bits per heavy atom. The van der Waals surface area contributed by atoms with Crippen LogP contribution in [0.25, 0.3) is 0 Å². The number of rotatable bonds is 3. The molecule has 0 aromatic carbocycles. The first-order chi connectivity index (χ1) is 11.2. The minimum atomic E-state index is -1.66. The van der Waals surface area contributed by atoms with Crippen LogP contribution in [0, 0.1) is 0 Å². The first-order valence-electron chi connectivity index (χ1n) is 8.36. The number of pyridine rings is 1. The van der Waals surface area contributed by atoms with Crippen molar-refractivity contribution < 1.29 is 18.7 Å². The van der Waals surface area contributed by atoms with Gasteiger partial charge in [0.25, 0.3) is 5.91 Å². The molecule has 0 bridgehead atoms. The van der Waals surface area contributed by atoms with Crippen LogP contribution in [0.15, 0.2) is 24.5 Å². The first-order valence-corrected chi connectivity index (χ1v) is 8.36. The predicted octanol–water partition coefficient (Wildman–Crippen LogP) is 2.11. The maximum absolute atomic E-state index is 14.6. The van der Waals surface area contributed by atoms with E-state index >= 15 is 0 Å². The van der Waals surface area contributed by atoms with E-state index in [-0.39, 0.29) is 24.2 Å². The summed E-state index contributed by atoms with van der Waals surface area (Å²) in [6, 6.07) is 3.56. The van der Waals surface area contributed by atoms with Gasteiger partial charge >= 0.3 is 0 Å². The molecule has 124 valence electrons. The highest BCUT2D eigenvalue weighted by atomic mass is 19.1. The number of hydrogen-bond acceptors (Lipinski definition) is 4. The largest absolute Gasteiger partial charge is 0.484 e. The van der Waals surface area contributed by atoms with Gasteiger partial charge in [-0.15, -0.1) is 0 Å². The standard InChI is InChI=1S/C17H21FN2O3/c18-17(6-3-7-17)16(21)20-11-14(15-13(20)5-2-9-22-15)23-12-4-1-8-19-10-12/h1,4,8,10,13-15H,2-3,5-7,9,11H2/t13-,14+,15+/m1/s1. The zero-order valence-corrected chi connectivity index (χ0v) is 13.0. The second-order valence-corrected chi connectivity index (χ2v) is 6.67. The Balaban J connectivity index is 1.53. The Bertz CT molecular complexity index is 578. The number of nitrogens with zero attached hydrogens (tertiary/aromatic N) is 2. The van der Waals surface area contributed by atoms with Gasteiger partial charge in [0, 0.05) is 12.8 Å². The van der Waals surface area contributed by atoms with E-state index in [4.69, 9.17) is 9.47 Å². The average Bonchev–Trinajstić information content (AvgIpc) is 2.92. The van der Waals surface area contributed by atoms with E-state index in [2.05, 4.69) is 4.98 Å². The van der Waals surface area contributed by atoms with Gasteiger partial charge in [0.1, 0.15) is 18.0 Å². The van der Waals surface area contributed by atoms with Crippen LogP contribution in [0.1, 0.15) is 32.1 Å². The number of carbonyl (C=O) groups is 1. The Morgan fingerprint density at radius 2 is 2.30 bits per heavy atom. The Morgan fingerprint density at radius 3 is 3.00 bits per heavy atom. The topological polar surface area (TPSA) is 51.7 Å². The molecule has 1 aliphatic carbocycles. The van der Waals surface area contributed by atoms with Crippen molar-refractivity contribution in [3.8, 4) is 5.75 Å². The summed E-state index contributed by atoms with van der Waals surface area (Å²) in [5.74, 6) is 0.278. The fourth-order valence-electron chi connectivity index (χ4n) is 3.80. The number of hydrogen-bond donors (Lipinski definition) is 0. The quantitative estimate of drug-likeness (QED) is 0.856. The van der Waals surface area contributed by atoms with Gasteiger partial charge in [0.2, 0.25) is 0 Å². The molecule has 0 N–H and O–H groups in total. The van der Waals surface area contributed by atoms with Crippen molar-refractivity contribution in [3.63, 3.8) is 0 Å². The molecule has 4 rings (SSSR count). The van der Waals surface area contributed by atoms with E-state index < -0.39 is 5.67 Å². The van der Waals surface area contributed by atoms with Crippen LogP contribution in [0.5, 0.6) is 5.75 Å². The van der Waals surface area contributed by atoms with E-state index in [0.717, 1.165) is 19.3 Å². The number of likely N-dealkylation sites (tertiary alicyclic amines) is 1. The molecule has 1 amide bonds. The number of carbonyl (C=O) groups excluding carboxylic acids is 1. The average molecular weight is 320 g/mol. The maximum Gasteiger partial charge on any atom is 0.260 e. The monoisotopic (exact) mass is 320 g/mol. The number of aromatic nitrogens is 1. The van der Waals surface area contributed by atoms with Crippen molar-refractivity contribution in [1.29, 1.82) is 0 Å². The molecule has 3 aliphatic rings. The molecule has 3 fully saturated rings. The molecule has 23 heavy (non-hydrogen) atoms. The number of amides is 1. The van der Waals surface area contributed by atoms with Crippen LogP contribution in [0.3, 0.4) is 0 Å². The summed E-state index contributed by atoms with van der Waals surface area (Å²) in [6.07, 6.45) is 6.09. The third-order valence-electron chi connectivity index (χ3n) is 5.19. The third kappa shape index (κ3) is 2.59. The molecule has 3 heterocycles. The second-order valence-electron chi connectivity index (χ2n) is 6.67. The predicted molar refractivity (Wildman–Crippen MR) is 80.8 cm³/mol. The van der Waals surface area contributed by atoms with Crippen LogP contribution < -0.4 is 4.74 Å². The summed E-state index contributed by atoms with van der Waals surface area (Å²) in [5, 5.41) is 0. The Hall–Kier alpha value is -1.69. The van der Waals surface area contributed by atoms with Crippen molar-refractivity contribution in [2.45, 2.75) is 56.0 Å². The summed E-state index contributed by atoms with van der Waals surface area (Å²) in [6.45, 7) is 1.05. The molecule has 0 unspecified atom stereocenters. The molecule has 5 nitrogen and oxygen atoms in total. The van der Waals surface area contributed by atoms with Crippen LogP contribution in [-0.2, 0) is 9.53 Å². The highest BCUT2D eigenvalue weighted by molar-refractivity contribution is 5.86. The molecule has 0 spiro atoms. The highest BCUT2D eigenvalue weighted by Gasteiger charge is 2.54. The zero-order chi connectivity index (χ0) is 15.9. The lowest BCUT2D eigenvalue weighted by atomic mass is 9.80. The molecule has 1 saturated carbocycles. The number of alkyl halides is 1. The van der Waals surface area contributed by atoms with Crippen molar-refractivity contribution in [1.82, 2.24) is 9.88 Å². The molecular formula is C17H21FN2O3. The number of fused-ring (bicyclic) bond motifs is 1. The first kappa shape index (κ1) is 14.9. The summed E-state index contributed by atoms with van der Waals surface area (Å²) in [5.41, 5.74) is -1.66. The normalized spacial score (nSPS) is 32.0. The molecule has 1 aromatic heterocycles. The summed E-state index contributed by atoms with van der Waals surface area (Å²) in [7, 11) is 0. The van der Waals surface area contributed by atoms with Crippen molar-refractivity contribution >= 4 is 5.91 Å². The SMILES string of the molecule is O=C(N1C[C@H](Oc2cccnc2)[C@H]2OCCC[C@H]21)C1(F)CCC1. The van der Waals surface area contributed by atoms with Gasteiger partial charge in [-0.05, 0) is 44.2 Å². The van der Waals surface area contributed by atoms with Gasteiger partial charge in [0.15, 0.2) is 5.67 Å². The van der Waals surface area contributed by atoms with Crippen LogP contribution in [-0.4, -0.2) is 52.9 Å². The molecule has 0 radical (unpaired) electrons. The third-order valence-corrected chi connectivity index (χ3v) is 5.19. The minimum absolute atomic E-state index is 0.0776. The zero-order valence-electron chi connectivity index (χ0n) is 13.0. The molecule has 1 aromatic rings. The summed E-state index contributed by atoms with van der Waals surface area (Å²) in [4.78, 5) is 18.3. The van der Waals surface area contributed by atoms with Crippen LogP contribution in [0.2, 0.25) is 0 Å². The van der Waals surface area contributed by atoms with Crippen molar-refractivity contribution in [2.75, 3.05) is 13.2 Å². The Kier molecular flexibility index (Phi) is 3.71. The number of halogens is 1. The molecule has 2 saturated heterocycles. The number of ether oxygens (including phenoxy) is 2. The smallest absolute Gasteiger partial charge is 0.260 e. The molecule has 3 atom stereocenters. The molecular weight excluding hydrogens is 299 g/mol. The van der Waals surface area contributed by atoms with E-state index in [1.54, 1.807) is 23.4 Å². The minimum Gasteiger partial charge on any atom is -0.484 e. The highest BCUT2D eigenvalue weighted by Crippen LogP contribution is 2.41. The van der Waals surface area contributed by atoms with Crippen LogP contribution in [0.4, 0.5) is 4.39 Å². The summed E-state index contributed by atoms with van der Waals surface area (Å²) >= 11 is 0. The van der Waals surface area contributed by atoms with Gasteiger partial charge in [-0.3, -0.25) is 9.78 Å². The van der Waals surface area contributed by atoms with E-state index in [1.807, 2.05) is 6.07 Å². The van der Waals surface area contributed by atoms with E-state index in [9.17, 15) is 9.18 Å². The lowest BCUT2D eigenvalue weighted by Crippen LogP contribution is -2.53. The van der Waals surface area contributed by atoms with Gasteiger partial charge in [-0.1, -0.05) is 0 Å². The van der Waals surface area contributed by atoms with Crippen molar-refractivity contribution in [3.05, 3.63) is 24.5 Å². The fraction of sp³-hybridized carbons (Fsp3) is 0.647. The van der Waals surface area contributed by atoms with E-state index in [0.29, 0.717) is 31.7 Å². The molecule has 2 aliphatic heterocycles. The van der Waals surface area contributed by atoms with Gasteiger partial charge in [-0.2, -0.15) is 0 Å². The lowest BCUT2D eigenvalue weighted by molar-refractivity contribution is -0.153. The fourth-order valence-corrected chi connectivity index (χ4v) is 3.80. The van der Waals surface area contributed by atoms with Gasteiger partial charge in [-0.25, -0.2) is 4.39 Å². The lowest BCUT2D eigenvalue weighted by Gasteiger charge is -2.39.